The zero-order chi connectivity index (χ0) is 27.3. The molecule has 0 aromatic heterocycles. The molecule has 0 fully saturated rings. The van der Waals surface area contributed by atoms with Gasteiger partial charge < -0.3 is 25.4 Å². The van der Waals surface area contributed by atoms with Crippen LogP contribution in [0, 0.1) is 6.92 Å². The molecule has 3 aromatic carbocycles. The molecule has 0 aliphatic carbocycles. The number of phenols is 1. The van der Waals surface area contributed by atoms with Crippen molar-refractivity contribution in [2.24, 2.45) is 0 Å². The zero-order valence-electron chi connectivity index (χ0n) is 21.6. The van der Waals surface area contributed by atoms with Crippen molar-refractivity contribution in [3.63, 3.8) is 0 Å². The van der Waals surface area contributed by atoms with Crippen molar-refractivity contribution in [1.29, 1.82) is 0 Å². The molecule has 3 N–H and O–H groups in total. The van der Waals surface area contributed by atoms with E-state index in [1.165, 1.54) is 11.9 Å². The zero-order valence-corrected chi connectivity index (χ0v) is 22.5. The van der Waals surface area contributed by atoms with Crippen molar-refractivity contribution in [3.05, 3.63) is 71.8 Å². The Morgan fingerprint density at radius 1 is 1.03 bits per heavy atom. The monoisotopic (exact) mass is 523 g/mol. The molecule has 0 aliphatic heterocycles. The van der Waals surface area contributed by atoms with Gasteiger partial charge in [0.05, 0.1) is 0 Å². The van der Waals surface area contributed by atoms with Gasteiger partial charge in [-0.1, -0.05) is 48.5 Å². The number of aryl methyl sites for hydroxylation is 1. The third-order valence-electron chi connectivity index (χ3n) is 5.74. The summed E-state index contributed by atoms with van der Waals surface area (Å²) in [5.74, 6) is -1.22. The normalized spacial score (nSPS) is 12.9. The van der Waals surface area contributed by atoms with E-state index >= 15 is 0 Å². The van der Waals surface area contributed by atoms with E-state index in [1.807, 2.05) is 36.4 Å². The van der Waals surface area contributed by atoms with E-state index in [2.05, 4.69) is 23.3 Å². The molecule has 0 saturated carbocycles. The highest BCUT2D eigenvalue weighted by Gasteiger charge is 2.35. The highest BCUT2D eigenvalue weighted by molar-refractivity contribution is 7.80. The molecule has 0 bridgehead atoms. The van der Waals surface area contributed by atoms with E-state index in [4.69, 9.17) is 4.74 Å². The number of hydrogen-bond donors (Lipinski definition) is 4. The summed E-state index contributed by atoms with van der Waals surface area (Å²) < 4.78 is 5.27. The highest BCUT2D eigenvalue weighted by Crippen LogP contribution is 2.32. The van der Waals surface area contributed by atoms with Gasteiger partial charge in [-0.25, -0.2) is 4.79 Å². The van der Waals surface area contributed by atoms with Crippen LogP contribution in [0.2, 0.25) is 0 Å². The molecule has 3 amide bonds. The smallest absolute Gasteiger partial charge is 0.408 e. The van der Waals surface area contributed by atoms with Gasteiger partial charge >= 0.3 is 6.09 Å². The molecule has 0 spiro atoms. The van der Waals surface area contributed by atoms with E-state index in [1.54, 1.807) is 52.0 Å². The topological polar surface area (TPSA) is 108 Å². The summed E-state index contributed by atoms with van der Waals surface area (Å²) in [6.45, 7) is 6.84. The van der Waals surface area contributed by atoms with Gasteiger partial charge in [-0.2, -0.15) is 12.6 Å². The van der Waals surface area contributed by atoms with Crippen molar-refractivity contribution in [2.75, 3.05) is 18.1 Å². The molecule has 9 heteroatoms. The Bertz CT molecular complexity index is 1300. The van der Waals surface area contributed by atoms with Gasteiger partial charge in [-0.15, -0.1) is 0 Å². The van der Waals surface area contributed by atoms with Crippen LogP contribution < -0.4 is 10.6 Å². The number of likely N-dealkylation sites (N-methyl/N-ethyl adjacent to an activating group) is 1. The van der Waals surface area contributed by atoms with Crippen molar-refractivity contribution in [2.45, 2.75) is 45.4 Å². The molecule has 196 valence electrons. The van der Waals surface area contributed by atoms with Crippen LogP contribution in [0.5, 0.6) is 5.75 Å². The number of hydrogen-bond acceptors (Lipinski definition) is 6. The van der Waals surface area contributed by atoms with Gasteiger partial charge in [-0.3, -0.25) is 9.59 Å². The Labute approximate surface area is 222 Å². The molecule has 0 radical (unpaired) electrons. The fraction of sp³-hybridized carbons (Fsp3) is 0.321. The number of thiol groups is 1. The van der Waals surface area contributed by atoms with E-state index < -0.39 is 35.6 Å². The summed E-state index contributed by atoms with van der Waals surface area (Å²) in [7, 11) is 1.45. The lowest BCUT2D eigenvalue weighted by Gasteiger charge is -2.31. The first kappa shape index (κ1) is 27.9. The van der Waals surface area contributed by atoms with Crippen LogP contribution in [0.4, 0.5) is 10.5 Å². The Morgan fingerprint density at radius 3 is 2.35 bits per heavy atom. The molecular weight excluding hydrogens is 490 g/mol. The maximum absolute atomic E-state index is 13.6. The van der Waals surface area contributed by atoms with Crippen LogP contribution in [-0.4, -0.2) is 52.4 Å². The number of carbonyl (C=O) groups excluding carboxylic acids is 3. The van der Waals surface area contributed by atoms with Crippen LogP contribution >= 0.6 is 12.6 Å². The number of fused-ring (bicyclic) bond motifs is 1. The Hall–Kier alpha value is -3.72. The molecule has 8 nitrogen and oxygen atoms in total. The Balaban J connectivity index is 1.93. The molecule has 0 saturated heterocycles. The highest BCUT2D eigenvalue weighted by atomic mass is 32.1. The fourth-order valence-corrected chi connectivity index (χ4v) is 4.16. The lowest BCUT2D eigenvalue weighted by Crippen LogP contribution is -2.52. The predicted molar refractivity (Wildman–Crippen MR) is 148 cm³/mol. The predicted octanol–water partition coefficient (Wildman–Crippen LogP) is 4.82. The lowest BCUT2D eigenvalue weighted by atomic mass is 9.99. The summed E-state index contributed by atoms with van der Waals surface area (Å²) in [5.41, 5.74) is 0.596. The average molecular weight is 524 g/mol. The summed E-state index contributed by atoms with van der Waals surface area (Å²) in [4.78, 5) is 40.6. The third-order valence-corrected chi connectivity index (χ3v) is 6.10. The number of phenolic OH excluding ortho intramolecular Hbond substituents is 1. The summed E-state index contributed by atoms with van der Waals surface area (Å²) in [6, 6.07) is 16.0. The number of alkyl carbamates (subject to hydrolysis) is 1. The number of anilines is 1. The minimum atomic E-state index is -1.19. The minimum absolute atomic E-state index is 0.0266. The van der Waals surface area contributed by atoms with Gasteiger partial charge in [0.15, 0.2) is 0 Å². The van der Waals surface area contributed by atoms with Crippen molar-refractivity contribution < 1.29 is 24.2 Å². The minimum Gasteiger partial charge on any atom is -0.507 e. The van der Waals surface area contributed by atoms with Gasteiger partial charge in [0.2, 0.25) is 5.91 Å². The van der Waals surface area contributed by atoms with E-state index in [-0.39, 0.29) is 17.1 Å². The first-order valence-electron chi connectivity index (χ1n) is 11.9. The van der Waals surface area contributed by atoms with Crippen LogP contribution in [0.15, 0.2) is 60.7 Å². The van der Waals surface area contributed by atoms with Gasteiger partial charge in [0.25, 0.3) is 5.91 Å². The largest absolute Gasteiger partial charge is 0.507 e. The third kappa shape index (κ3) is 6.95. The molecule has 0 heterocycles. The second-order valence-corrected chi connectivity index (χ2v) is 10.2. The SMILES string of the molecule is Cc1cccc(C(C(=O)Nc2ccc3ccccc3c2)N(C)C(=O)C(CS)NC(=O)OC(C)(C)C)c1O. The number of amides is 3. The second-order valence-electron chi connectivity index (χ2n) is 9.80. The van der Waals surface area contributed by atoms with Crippen molar-refractivity contribution in [1.82, 2.24) is 10.2 Å². The molecule has 2 unspecified atom stereocenters. The number of ether oxygens (including phenoxy) is 1. The summed E-state index contributed by atoms with van der Waals surface area (Å²) in [6.07, 6.45) is -0.774. The van der Waals surface area contributed by atoms with Crippen LogP contribution in [0.25, 0.3) is 10.8 Å². The average Bonchev–Trinajstić information content (AvgIpc) is 2.83. The standard InChI is InChI=1S/C28H33N3O5S/c1-17-9-8-12-21(24(17)32)23(25(33)29-20-14-13-18-10-6-7-11-19(18)15-20)31(5)26(34)22(16-37)30-27(35)36-28(2,3)4/h6-15,22-23,32,37H,16H2,1-5H3,(H,29,33)(H,30,35). The fourth-order valence-electron chi connectivity index (χ4n) is 3.91. The number of nitrogens with zero attached hydrogens (tertiary/aromatic N) is 1. The number of benzene rings is 3. The molecule has 3 rings (SSSR count). The molecule has 3 aromatic rings. The van der Waals surface area contributed by atoms with E-state index in [9.17, 15) is 19.5 Å². The first-order chi connectivity index (χ1) is 17.4. The maximum atomic E-state index is 13.6. The number of nitrogens with one attached hydrogen (secondary N) is 2. The van der Waals surface area contributed by atoms with Gasteiger partial charge in [0.1, 0.15) is 23.4 Å². The lowest BCUT2D eigenvalue weighted by molar-refractivity contribution is -0.138. The molecule has 2 atom stereocenters. The first-order valence-corrected chi connectivity index (χ1v) is 12.5. The Kier molecular flexibility index (Phi) is 8.70. The summed E-state index contributed by atoms with van der Waals surface area (Å²) >= 11 is 4.23. The second kappa shape index (κ2) is 11.6. The van der Waals surface area contributed by atoms with Gasteiger partial charge in [-0.05, 0) is 56.2 Å². The van der Waals surface area contributed by atoms with Crippen LogP contribution in [0.1, 0.15) is 37.9 Å². The number of para-hydroxylation sites is 1. The number of aromatic hydroxyl groups is 1. The van der Waals surface area contributed by atoms with E-state index in [0.29, 0.717) is 11.3 Å². The maximum Gasteiger partial charge on any atom is 0.408 e. The number of rotatable bonds is 7. The molecule has 0 aliphatic rings. The molecule has 37 heavy (non-hydrogen) atoms. The van der Waals surface area contributed by atoms with Crippen molar-refractivity contribution >= 4 is 47.0 Å². The number of carbonyl (C=O) groups is 3. The Morgan fingerprint density at radius 2 is 1.70 bits per heavy atom. The van der Waals surface area contributed by atoms with Gasteiger partial charge in [0, 0.05) is 24.1 Å². The van der Waals surface area contributed by atoms with Crippen LogP contribution in [-0.2, 0) is 14.3 Å². The quantitative estimate of drug-likeness (QED) is 0.332. The van der Waals surface area contributed by atoms with E-state index in [0.717, 1.165) is 10.8 Å². The van der Waals surface area contributed by atoms with Crippen molar-refractivity contribution in [3.8, 4) is 5.75 Å². The summed E-state index contributed by atoms with van der Waals surface area (Å²) in [5, 5.41) is 18.2. The molecular formula is C28H33N3O5S. The van der Waals surface area contributed by atoms with Crippen LogP contribution in [0.3, 0.4) is 0 Å².